The van der Waals surface area contributed by atoms with Crippen LogP contribution >= 0.6 is 0 Å². The van der Waals surface area contributed by atoms with Gasteiger partial charge in [-0.05, 0) is 35.0 Å². The van der Waals surface area contributed by atoms with E-state index in [4.69, 9.17) is 0 Å². The summed E-state index contributed by atoms with van der Waals surface area (Å²) in [4.78, 5) is -0.264. The van der Waals surface area contributed by atoms with Crippen LogP contribution in [0.5, 0.6) is 5.75 Å². The molecular weight excluding hydrogens is 255 g/mol. The third-order valence-corrected chi connectivity index (χ3v) is 2.99. The van der Waals surface area contributed by atoms with Gasteiger partial charge in [0, 0.05) is 0 Å². The van der Waals surface area contributed by atoms with Gasteiger partial charge in [-0.1, -0.05) is 12.1 Å². The standard InChI is InChI=1S/C10H8O4S.K/c11-8-4-5-9-7(6-8)2-1-3-10(9)15(12,13)14;/h1-6,11H,(H,12,13,14);/q;+1/p-1. The van der Waals surface area contributed by atoms with Gasteiger partial charge in [0.2, 0.25) is 0 Å². The fourth-order valence-corrected chi connectivity index (χ4v) is 2.16. The maximum absolute atomic E-state index is 10.9. The third-order valence-electron chi connectivity index (χ3n) is 2.09. The van der Waals surface area contributed by atoms with Crippen molar-refractivity contribution in [3.05, 3.63) is 36.4 Å². The second-order valence-corrected chi connectivity index (χ2v) is 4.46. The molecule has 0 unspecified atom stereocenters. The predicted octanol–water partition coefficient (Wildman–Crippen LogP) is -1.55. The first-order valence-corrected chi connectivity index (χ1v) is 5.57. The summed E-state index contributed by atoms with van der Waals surface area (Å²) in [5.41, 5.74) is 0. The van der Waals surface area contributed by atoms with Crippen molar-refractivity contribution in [1.29, 1.82) is 0 Å². The van der Waals surface area contributed by atoms with Gasteiger partial charge in [-0.2, -0.15) is 0 Å². The van der Waals surface area contributed by atoms with Gasteiger partial charge in [0.15, 0.2) is 0 Å². The first kappa shape index (κ1) is 14.1. The molecule has 0 saturated heterocycles. The number of fused-ring (bicyclic) bond motifs is 1. The molecule has 0 heterocycles. The fourth-order valence-electron chi connectivity index (χ4n) is 1.46. The van der Waals surface area contributed by atoms with Crippen molar-refractivity contribution in [3.63, 3.8) is 0 Å². The molecular formula is C10H7KO4S. The van der Waals surface area contributed by atoms with Gasteiger partial charge < -0.3 is 9.66 Å². The smallest absolute Gasteiger partial charge is 0.744 e. The number of aromatic hydroxyl groups is 1. The largest absolute Gasteiger partial charge is 1.00 e. The minimum Gasteiger partial charge on any atom is -0.744 e. The van der Waals surface area contributed by atoms with Crippen LogP contribution in [0.2, 0.25) is 0 Å². The van der Waals surface area contributed by atoms with Crippen molar-refractivity contribution in [2.24, 2.45) is 0 Å². The van der Waals surface area contributed by atoms with E-state index in [1.807, 2.05) is 0 Å². The first-order valence-electron chi connectivity index (χ1n) is 4.16. The zero-order valence-electron chi connectivity index (χ0n) is 8.54. The minimum absolute atomic E-state index is 0. The normalized spacial score (nSPS) is 11.1. The molecule has 1 N–H and O–H groups in total. The number of hydrogen-bond donors (Lipinski definition) is 1. The van der Waals surface area contributed by atoms with E-state index < -0.39 is 10.1 Å². The van der Waals surface area contributed by atoms with Gasteiger partial charge in [-0.3, -0.25) is 0 Å². The van der Waals surface area contributed by atoms with E-state index in [-0.39, 0.29) is 62.0 Å². The number of hydrogen-bond acceptors (Lipinski definition) is 4. The predicted molar refractivity (Wildman–Crippen MR) is 53.6 cm³/mol. The Morgan fingerprint density at radius 3 is 2.44 bits per heavy atom. The Morgan fingerprint density at radius 2 is 1.81 bits per heavy atom. The summed E-state index contributed by atoms with van der Waals surface area (Å²) in [6.45, 7) is 0. The van der Waals surface area contributed by atoms with E-state index in [0.717, 1.165) is 0 Å². The second-order valence-electron chi connectivity index (χ2n) is 3.12. The molecule has 0 bridgehead atoms. The summed E-state index contributed by atoms with van der Waals surface area (Å²) in [5, 5.41) is 10.0. The Labute approximate surface area is 135 Å². The molecule has 0 atom stereocenters. The molecule has 0 saturated carbocycles. The molecule has 6 heteroatoms. The second kappa shape index (κ2) is 5.13. The van der Waals surface area contributed by atoms with Crippen molar-refractivity contribution in [3.8, 4) is 5.75 Å². The molecule has 16 heavy (non-hydrogen) atoms. The van der Waals surface area contributed by atoms with Crippen molar-refractivity contribution < 1.29 is 69.5 Å². The summed E-state index contributed by atoms with van der Waals surface area (Å²) in [7, 11) is -4.47. The van der Waals surface area contributed by atoms with Crippen LogP contribution in [0.15, 0.2) is 41.3 Å². The Balaban J connectivity index is 0.00000128. The number of benzene rings is 2. The number of rotatable bonds is 1. The number of phenols is 1. The molecule has 0 aliphatic rings. The summed E-state index contributed by atoms with van der Waals surface area (Å²) < 4.78 is 32.7. The summed E-state index contributed by atoms with van der Waals surface area (Å²) in [6.07, 6.45) is 0. The van der Waals surface area contributed by atoms with Gasteiger partial charge >= 0.3 is 51.4 Å². The monoisotopic (exact) mass is 262 g/mol. The van der Waals surface area contributed by atoms with Crippen LogP contribution in [-0.4, -0.2) is 18.1 Å². The van der Waals surface area contributed by atoms with Crippen LogP contribution in [0.4, 0.5) is 0 Å². The van der Waals surface area contributed by atoms with Gasteiger partial charge in [0.25, 0.3) is 0 Å². The molecule has 0 radical (unpaired) electrons. The quantitative estimate of drug-likeness (QED) is 0.499. The summed E-state index contributed by atoms with van der Waals surface area (Å²) in [6, 6.07) is 8.51. The van der Waals surface area contributed by atoms with Crippen molar-refractivity contribution in [2.75, 3.05) is 0 Å². The van der Waals surface area contributed by atoms with E-state index in [1.54, 1.807) is 6.07 Å². The molecule has 0 aromatic heterocycles. The van der Waals surface area contributed by atoms with Gasteiger partial charge in [0.05, 0.1) is 4.90 Å². The van der Waals surface area contributed by atoms with Crippen LogP contribution in [0.25, 0.3) is 10.8 Å². The zero-order valence-corrected chi connectivity index (χ0v) is 12.5. The summed E-state index contributed by atoms with van der Waals surface area (Å²) in [5.74, 6) is 0.0305. The molecule has 2 aromatic carbocycles. The molecule has 2 rings (SSSR count). The van der Waals surface area contributed by atoms with Gasteiger partial charge in [0.1, 0.15) is 15.9 Å². The van der Waals surface area contributed by atoms with E-state index >= 15 is 0 Å². The third kappa shape index (κ3) is 2.83. The molecule has 0 aliphatic heterocycles. The Hall–Kier alpha value is 0.0464. The summed E-state index contributed by atoms with van der Waals surface area (Å²) >= 11 is 0. The van der Waals surface area contributed by atoms with Crippen molar-refractivity contribution >= 4 is 20.9 Å². The van der Waals surface area contributed by atoms with E-state index in [0.29, 0.717) is 10.8 Å². The number of phenolic OH excluding ortho intramolecular Hbond substituents is 1. The zero-order chi connectivity index (χ0) is 11.1. The molecule has 0 fully saturated rings. The van der Waals surface area contributed by atoms with Crippen LogP contribution in [0.3, 0.4) is 0 Å². The van der Waals surface area contributed by atoms with Gasteiger partial charge in [-0.25, -0.2) is 8.42 Å². The van der Waals surface area contributed by atoms with Crippen LogP contribution in [-0.2, 0) is 10.1 Å². The molecule has 78 valence electrons. The van der Waals surface area contributed by atoms with Gasteiger partial charge in [-0.15, -0.1) is 0 Å². The maximum Gasteiger partial charge on any atom is 1.00 e. The Morgan fingerprint density at radius 1 is 1.12 bits per heavy atom. The SMILES string of the molecule is O=S(=O)([O-])c1cccc2cc(O)ccc12.[K+]. The average molecular weight is 262 g/mol. The Kier molecular flexibility index (Phi) is 4.53. The van der Waals surface area contributed by atoms with E-state index in [9.17, 15) is 18.1 Å². The van der Waals surface area contributed by atoms with Crippen molar-refractivity contribution in [1.82, 2.24) is 0 Å². The van der Waals surface area contributed by atoms with Crippen LogP contribution < -0.4 is 51.4 Å². The van der Waals surface area contributed by atoms with Crippen molar-refractivity contribution in [2.45, 2.75) is 4.90 Å². The maximum atomic E-state index is 10.9. The van der Waals surface area contributed by atoms with E-state index in [2.05, 4.69) is 0 Å². The molecule has 0 amide bonds. The van der Waals surface area contributed by atoms with Crippen LogP contribution in [0, 0.1) is 0 Å². The Bertz CT molecular complexity index is 622. The fraction of sp³-hybridized carbons (Fsp3) is 0. The van der Waals surface area contributed by atoms with Crippen LogP contribution in [0.1, 0.15) is 0 Å². The first-order chi connectivity index (χ1) is 6.98. The molecule has 4 nitrogen and oxygen atoms in total. The molecule has 0 spiro atoms. The average Bonchev–Trinajstić information content (AvgIpc) is 2.15. The molecule has 0 aliphatic carbocycles. The molecule has 2 aromatic rings. The van der Waals surface area contributed by atoms with E-state index in [1.165, 1.54) is 30.3 Å². The minimum atomic E-state index is -4.47. The topological polar surface area (TPSA) is 77.4 Å².